The molecule has 0 spiro atoms. The fourth-order valence-corrected chi connectivity index (χ4v) is 1.51. The molecule has 0 saturated carbocycles. The summed E-state index contributed by atoms with van der Waals surface area (Å²) in [6.07, 6.45) is 0. The molecule has 0 aliphatic carbocycles. The minimum Gasteiger partial charge on any atom is -0.356 e. The maximum atomic E-state index is 10.7. The zero-order chi connectivity index (χ0) is 8.55. The van der Waals surface area contributed by atoms with E-state index < -0.39 is 0 Å². The zero-order valence-corrected chi connectivity index (χ0v) is 7.21. The van der Waals surface area contributed by atoms with Crippen molar-refractivity contribution in [3.8, 4) is 0 Å². The van der Waals surface area contributed by atoms with E-state index in [1.807, 2.05) is 29.2 Å². The number of nitrogens with zero attached hydrogens (tertiary/aromatic N) is 1. The van der Waals surface area contributed by atoms with Gasteiger partial charge in [-0.05, 0) is 12.1 Å². The van der Waals surface area contributed by atoms with Gasteiger partial charge in [-0.1, -0.05) is 23.7 Å². The molecule has 1 fully saturated rings. The fourth-order valence-electron chi connectivity index (χ4n) is 1.26. The Balaban J connectivity index is 2.23. The molecule has 3 heteroatoms. The van der Waals surface area contributed by atoms with Crippen molar-refractivity contribution in [3.63, 3.8) is 0 Å². The summed E-state index contributed by atoms with van der Waals surface area (Å²) in [4.78, 5) is 12.7. The Morgan fingerprint density at radius 1 is 1.25 bits per heavy atom. The lowest BCUT2D eigenvalue weighted by atomic mass is 10.1. The van der Waals surface area contributed by atoms with Crippen molar-refractivity contribution in [2.24, 2.45) is 0 Å². The van der Waals surface area contributed by atoms with Crippen molar-refractivity contribution in [3.05, 3.63) is 29.3 Å². The van der Waals surface area contributed by atoms with Crippen molar-refractivity contribution in [1.82, 2.24) is 0 Å². The first-order chi connectivity index (χ1) is 5.77. The van der Waals surface area contributed by atoms with E-state index in [0.29, 0.717) is 18.1 Å². The first-order valence-corrected chi connectivity index (χ1v) is 4.16. The minimum atomic E-state index is 0.273. The number of rotatable bonds is 1. The predicted octanol–water partition coefficient (Wildman–Crippen LogP) is 1.73. The maximum Gasteiger partial charge on any atom is 0.171 e. The van der Waals surface area contributed by atoms with Crippen LogP contribution in [0, 0.1) is 0 Å². The Labute approximate surface area is 75.7 Å². The van der Waals surface area contributed by atoms with Gasteiger partial charge in [0.15, 0.2) is 5.78 Å². The Morgan fingerprint density at radius 2 is 1.92 bits per heavy atom. The van der Waals surface area contributed by atoms with Crippen LogP contribution in [0.4, 0.5) is 5.69 Å². The van der Waals surface area contributed by atoms with E-state index in [1.54, 1.807) is 0 Å². The lowest BCUT2D eigenvalue weighted by Crippen LogP contribution is -2.47. The number of carbonyl (C=O) groups is 1. The molecule has 0 radical (unpaired) electrons. The molecule has 0 bridgehead atoms. The third-order valence-corrected chi connectivity index (χ3v) is 2.25. The Morgan fingerprint density at radius 3 is 2.50 bits per heavy atom. The molecular formula is C9H8ClNO. The number of hydrogen-bond acceptors (Lipinski definition) is 2. The highest BCUT2D eigenvalue weighted by molar-refractivity contribution is 6.33. The standard InChI is InChI=1S/C9H8ClNO/c10-8-3-1-2-4-9(8)11-5-7(12)6-11/h1-4H,5-6H2. The van der Waals surface area contributed by atoms with Gasteiger partial charge in [-0.2, -0.15) is 0 Å². The number of carbonyl (C=O) groups excluding carboxylic acids is 1. The van der Waals surface area contributed by atoms with Crippen LogP contribution in [0.15, 0.2) is 24.3 Å². The van der Waals surface area contributed by atoms with E-state index >= 15 is 0 Å². The van der Waals surface area contributed by atoms with E-state index in [4.69, 9.17) is 11.6 Å². The minimum absolute atomic E-state index is 0.273. The molecule has 0 amide bonds. The molecule has 62 valence electrons. The van der Waals surface area contributed by atoms with Crippen LogP contribution < -0.4 is 4.90 Å². The second kappa shape index (κ2) is 2.79. The van der Waals surface area contributed by atoms with Gasteiger partial charge in [0, 0.05) is 0 Å². The molecule has 1 saturated heterocycles. The quantitative estimate of drug-likeness (QED) is 0.658. The lowest BCUT2D eigenvalue weighted by Gasteiger charge is -2.32. The Bertz CT molecular complexity index is 316. The van der Waals surface area contributed by atoms with Gasteiger partial charge in [-0.15, -0.1) is 0 Å². The number of hydrogen-bond donors (Lipinski definition) is 0. The van der Waals surface area contributed by atoms with Crippen LogP contribution in [-0.2, 0) is 4.79 Å². The average Bonchev–Trinajstić information content (AvgIpc) is 2.01. The van der Waals surface area contributed by atoms with Crippen LogP contribution in [0.3, 0.4) is 0 Å². The first-order valence-electron chi connectivity index (χ1n) is 3.78. The summed E-state index contributed by atoms with van der Waals surface area (Å²) in [5, 5.41) is 0.713. The van der Waals surface area contributed by atoms with Crippen molar-refractivity contribution in [1.29, 1.82) is 0 Å². The molecule has 0 unspecified atom stereocenters. The molecule has 0 aromatic heterocycles. The van der Waals surface area contributed by atoms with Crippen LogP contribution >= 0.6 is 11.6 Å². The summed E-state index contributed by atoms with van der Waals surface area (Å²) in [7, 11) is 0. The highest BCUT2D eigenvalue weighted by Gasteiger charge is 2.24. The summed E-state index contributed by atoms with van der Waals surface area (Å²) in [5.41, 5.74) is 0.957. The normalized spacial score (nSPS) is 16.1. The van der Waals surface area contributed by atoms with E-state index in [-0.39, 0.29) is 5.78 Å². The van der Waals surface area contributed by atoms with E-state index in [1.165, 1.54) is 0 Å². The predicted molar refractivity (Wildman–Crippen MR) is 48.7 cm³/mol. The number of halogens is 1. The van der Waals surface area contributed by atoms with Crippen LogP contribution in [0.2, 0.25) is 5.02 Å². The highest BCUT2D eigenvalue weighted by atomic mass is 35.5. The molecule has 12 heavy (non-hydrogen) atoms. The second-order valence-electron chi connectivity index (χ2n) is 2.85. The monoisotopic (exact) mass is 181 g/mol. The number of anilines is 1. The van der Waals surface area contributed by atoms with E-state index in [9.17, 15) is 4.79 Å². The third-order valence-electron chi connectivity index (χ3n) is 1.93. The second-order valence-corrected chi connectivity index (χ2v) is 3.25. The van der Waals surface area contributed by atoms with Crippen LogP contribution in [0.5, 0.6) is 0 Å². The van der Waals surface area contributed by atoms with Crippen molar-refractivity contribution < 1.29 is 4.79 Å². The van der Waals surface area contributed by atoms with Crippen LogP contribution in [0.1, 0.15) is 0 Å². The molecule has 2 nitrogen and oxygen atoms in total. The number of Topliss-reactive ketones (excluding diaryl/α,β-unsaturated/α-hetero) is 1. The maximum absolute atomic E-state index is 10.7. The van der Waals surface area contributed by atoms with Gasteiger partial charge in [0.05, 0.1) is 23.8 Å². The number of para-hydroxylation sites is 1. The average molecular weight is 182 g/mol. The summed E-state index contributed by atoms with van der Waals surface area (Å²) in [6, 6.07) is 7.56. The molecular weight excluding hydrogens is 174 g/mol. The fraction of sp³-hybridized carbons (Fsp3) is 0.222. The highest BCUT2D eigenvalue weighted by Crippen LogP contribution is 2.27. The van der Waals surface area contributed by atoms with Gasteiger partial charge in [0.1, 0.15) is 0 Å². The summed E-state index contributed by atoms with van der Waals surface area (Å²) < 4.78 is 0. The SMILES string of the molecule is O=C1CN(c2ccccc2Cl)C1. The van der Waals surface area contributed by atoms with E-state index in [2.05, 4.69) is 0 Å². The van der Waals surface area contributed by atoms with Gasteiger partial charge < -0.3 is 4.90 Å². The largest absolute Gasteiger partial charge is 0.356 e. The molecule has 2 rings (SSSR count). The molecule has 0 N–H and O–H groups in total. The third kappa shape index (κ3) is 1.18. The van der Waals surface area contributed by atoms with Crippen LogP contribution in [0.25, 0.3) is 0 Å². The summed E-state index contributed by atoms with van der Waals surface area (Å²) >= 11 is 5.93. The summed E-state index contributed by atoms with van der Waals surface area (Å²) in [6.45, 7) is 1.01. The molecule has 1 aliphatic rings. The van der Waals surface area contributed by atoms with Gasteiger partial charge in [-0.25, -0.2) is 0 Å². The number of ketones is 1. The van der Waals surface area contributed by atoms with E-state index in [0.717, 1.165) is 5.69 Å². The van der Waals surface area contributed by atoms with Gasteiger partial charge in [-0.3, -0.25) is 4.79 Å². The lowest BCUT2D eigenvalue weighted by molar-refractivity contribution is -0.119. The zero-order valence-electron chi connectivity index (χ0n) is 6.46. The van der Waals surface area contributed by atoms with Crippen molar-refractivity contribution in [2.45, 2.75) is 0 Å². The van der Waals surface area contributed by atoms with Crippen molar-refractivity contribution >= 4 is 23.1 Å². The Kier molecular flexibility index (Phi) is 1.77. The molecule has 0 atom stereocenters. The first kappa shape index (κ1) is 7.62. The number of benzene rings is 1. The molecule has 1 aromatic carbocycles. The smallest absolute Gasteiger partial charge is 0.171 e. The van der Waals surface area contributed by atoms with Gasteiger partial charge >= 0.3 is 0 Å². The van der Waals surface area contributed by atoms with Crippen LogP contribution in [-0.4, -0.2) is 18.9 Å². The Hall–Kier alpha value is -1.02. The summed E-state index contributed by atoms with van der Waals surface area (Å²) in [5.74, 6) is 0.273. The van der Waals surface area contributed by atoms with Gasteiger partial charge in [0.2, 0.25) is 0 Å². The van der Waals surface area contributed by atoms with Gasteiger partial charge in [0.25, 0.3) is 0 Å². The molecule has 1 heterocycles. The van der Waals surface area contributed by atoms with Crippen molar-refractivity contribution in [2.75, 3.05) is 18.0 Å². The molecule has 1 aliphatic heterocycles. The topological polar surface area (TPSA) is 20.3 Å². The molecule has 1 aromatic rings.